The molecule has 2 fully saturated rings. The highest BCUT2D eigenvalue weighted by atomic mass is 16.5. The standard InChI is InChI=1S/C19H27N5O2/c1-13(2)18-20-5-3-17(22-18)19-21-6-7-24(19)14-9-15-12-26-16(4-8-25)11-23(15)10-14/h3,5-7,13-16,25H,4,8-12H2,1-2H3/t14-,15-,16-/m0/s1. The molecule has 4 rings (SSSR count). The van der Waals surface area contributed by atoms with Crippen molar-refractivity contribution in [3.05, 3.63) is 30.5 Å². The molecule has 26 heavy (non-hydrogen) atoms. The number of hydrogen-bond donors (Lipinski definition) is 1. The number of imidazole rings is 1. The zero-order valence-electron chi connectivity index (χ0n) is 15.5. The molecule has 3 atom stereocenters. The van der Waals surface area contributed by atoms with Gasteiger partial charge >= 0.3 is 0 Å². The minimum absolute atomic E-state index is 0.146. The second-order valence-electron chi connectivity index (χ2n) is 7.58. The van der Waals surface area contributed by atoms with Gasteiger partial charge in [-0.15, -0.1) is 0 Å². The molecule has 0 saturated carbocycles. The van der Waals surface area contributed by atoms with Gasteiger partial charge < -0.3 is 14.4 Å². The highest BCUT2D eigenvalue weighted by molar-refractivity contribution is 5.49. The summed E-state index contributed by atoms with van der Waals surface area (Å²) in [6.07, 6.45) is 7.64. The summed E-state index contributed by atoms with van der Waals surface area (Å²) >= 11 is 0. The molecule has 0 amide bonds. The summed E-state index contributed by atoms with van der Waals surface area (Å²) in [5, 5.41) is 9.16. The summed E-state index contributed by atoms with van der Waals surface area (Å²) in [5.74, 6) is 2.05. The zero-order valence-corrected chi connectivity index (χ0v) is 15.5. The molecule has 7 nitrogen and oxygen atoms in total. The molecule has 0 aliphatic carbocycles. The van der Waals surface area contributed by atoms with E-state index in [4.69, 9.17) is 14.8 Å². The second kappa shape index (κ2) is 7.42. The van der Waals surface area contributed by atoms with E-state index in [-0.39, 0.29) is 12.7 Å². The number of nitrogens with zero attached hydrogens (tertiary/aromatic N) is 5. The van der Waals surface area contributed by atoms with Crippen molar-refractivity contribution in [1.29, 1.82) is 0 Å². The molecular formula is C19H27N5O2. The summed E-state index contributed by atoms with van der Waals surface area (Å²) in [5.41, 5.74) is 0.882. The monoisotopic (exact) mass is 357 g/mol. The number of aliphatic hydroxyl groups excluding tert-OH is 1. The van der Waals surface area contributed by atoms with Gasteiger partial charge in [-0.2, -0.15) is 0 Å². The van der Waals surface area contributed by atoms with Gasteiger partial charge in [0.25, 0.3) is 0 Å². The third-order valence-corrected chi connectivity index (χ3v) is 5.40. The van der Waals surface area contributed by atoms with E-state index in [0.29, 0.717) is 24.4 Å². The third kappa shape index (κ3) is 3.39. The minimum atomic E-state index is 0.146. The van der Waals surface area contributed by atoms with Gasteiger partial charge in [0.2, 0.25) is 0 Å². The fourth-order valence-electron chi connectivity index (χ4n) is 4.02. The van der Waals surface area contributed by atoms with Gasteiger partial charge in [0, 0.05) is 56.3 Å². The molecule has 0 radical (unpaired) electrons. The molecule has 1 N–H and O–H groups in total. The Labute approximate surface area is 154 Å². The van der Waals surface area contributed by atoms with E-state index in [2.05, 4.69) is 39.5 Å². The van der Waals surface area contributed by atoms with Crippen LogP contribution in [0, 0.1) is 0 Å². The highest BCUT2D eigenvalue weighted by Crippen LogP contribution is 2.33. The van der Waals surface area contributed by atoms with Crippen molar-refractivity contribution in [2.45, 2.75) is 50.8 Å². The first-order valence-corrected chi connectivity index (χ1v) is 9.48. The summed E-state index contributed by atoms with van der Waals surface area (Å²) in [7, 11) is 0. The molecule has 2 aromatic rings. The number of aromatic nitrogens is 4. The van der Waals surface area contributed by atoms with Gasteiger partial charge in [-0.3, -0.25) is 4.90 Å². The topological polar surface area (TPSA) is 76.3 Å². The maximum atomic E-state index is 9.16. The van der Waals surface area contributed by atoms with Crippen LogP contribution in [0.25, 0.3) is 11.5 Å². The number of aliphatic hydroxyl groups is 1. The third-order valence-electron chi connectivity index (χ3n) is 5.40. The first-order valence-electron chi connectivity index (χ1n) is 9.48. The molecule has 140 valence electrons. The van der Waals surface area contributed by atoms with Crippen LogP contribution in [0.5, 0.6) is 0 Å². The fraction of sp³-hybridized carbons (Fsp3) is 0.632. The van der Waals surface area contributed by atoms with Crippen LogP contribution in [0.4, 0.5) is 0 Å². The number of fused-ring (bicyclic) bond motifs is 1. The molecular weight excluding hydrogens is 330 g/mol. The van der Waals surface area contributed by atoms with E-state index in [9.17, 15) is 0 Å². The van der Waals surface area contributed by atoms with Crippen LogP contribution in [0.1, 0.15) is 44.5 Å². The Morgan fingerprint density at radius 3 is 2.92 bits per heavy atom. The average Bonchev–Trinajstić information content (AvgIpc) is 3.28. The van der Waals surface area contributed by atoms with Gasteiger partial charge in [0.15, 0.2) is 5.82 Å². The van der Waals surface area contributed by atoms with Crippen molar-refractivity contribution < 1.29 is 9.84 Å². The van der Waals surface area contributed by atoms with Gasteiger partial charge in [0.1, 0.15) is 11.5 Å². The summed E-state index contributed by atoms with van der Waals surface area (Å²) in [4.78, 5) is 16.2. The predicted octanol–water partition coefficient (Wildman–Crippen LogP) is 1.86. The van der Waals surface area contributed by atoms with Crippen LogP contribution < -0.4 is 0 Å². The van der Waals surface area contributed by atoms with Crippen molar-refractivity contribution in [2.75, 3.05) is 26.3 Å². The van der Waals surface area contributed by atoms with Crippen molar-refractivity contribution >= 4 is 0 Å². The Morgan fingerprint density at radius 2 is 2.12 bits per heavy atom. The van der Waals surface area contributed by atoms with Crippen LogP contribution in [0.3, 0.4) is 0 Å². The van der Waals surface area contributed by atoms with E-state index in [1.54, 1.807) is 0 Å². The van der Waals surface area contributed by atoms with Crippen molar-refractivity contribution in [3.63, 3.8) is 0 Å². The maximum absolute atomic E-state index is 9.16. The molecule has 2 aromatic heterocycles. The lowest BCUT2D eigenvalue weighted by Gasteiger charge is -2.34. The molecule has 0 aromatic carbocycles. The Balaban J connectivity index is 1.54. The van der Waals surface area contributed by atoms with Crippen LogP contribution in [-0.4, -0.2) is 68.0 Å². The van der Waals surface area contributed by atoms with Gasteiger partial charge in [-0.1, -0.05) is 13.8 Å². The lowest BCUT2D eigenvalue weighted by molar-refractivity contribution is -0.0567. The molecule has 7 heteroatoms. The lowest BCUT2D eigenvalue weighted by atomic mass is 10.1. The fourth-order valence-corrected chi connectivity index (χ4v) is 4.02. The molecule has 2 aliphatic heterocycles. The smallest absolute Gasteiger partial charge is 0.159 e. The lowest BCUT2D eigenvalue weighted by Crippen LogP contribution is -2.46. The first-order chi connectivity index (χ1) is 12.7. The zero-order chi connectivity index (χ0) is 18.1. The molecule has 0 bridgehead atoms. The van der Waals surface area contributed by atoms with Gasteiger partial charge in [-0.25, -0.2) is 15.0 Å². The van der Waals surface area contributed by atoms with Crippen molar-refractivity contribution in [1.82, 2.24) is 24.4 Å². The van der Waals surface area contributed by atoms with E-state index < -0.39 is 0 Å². The quantitative estimate of drug-likeness (QED) is 0.880. The molecule has 0 spiro atoms. The minimum Gasteiger partial charge on any atom is -0.396 e. The first kappa shape index (κ1) is 17.6. The number of morpholine rings is 1. The van der Waals surface area contributed by atoms with Crippen LogP contribution >= 0.6 is 0 Å². The number of rotatable bonds is 5. The maximum Gasteiger partial charge on any atom is 0.159 e. The Kier molecular flexibility index (Phi) is 5.02. The Hall–Kier alpha value is -1.83. The van der Waals surface area contributed by atoms with E-state index in [1.807, 2.05) is 18.5 Å². The SMILES string of the molecule is CC(C)c1nccc(-c2nccn2[C@H]2C[C@H]3CO[C@@H](CCO)CN3C2)n1. The molecule has 2 aliphatic rings. The largest absolute Gasteiger partial charge is 0.396 e. The highest BCUT2D eigenvalue weighted by Gasteiger charge is 2.38. The molecule has 4 heterocycles. The summed E-state index contributed by atoms with van der Waals surface area (Å²) < 4.78 is 8.16. The Morgan fingerprint density at radius 1 is 1.23 bits per heavy atom. The summed E-state index contributed by atoms with van der Waals surface area (Å²) in [6, 6.07) is 2.75. The number of hydrogen-bond acceptors (Lipinski definition) is 6. The van der Waals surface area contributed by atoms with Crippen LogP contribution in [-0.2, 0) is 4.74 Å². The van der Waals surface area contributed by atoms with E-state index >= 15 is 0 Å². The van der Waals surface area contributed by atoms with E-state index in [1.165, 1.54) is 0 Å². The molecule has 0 unspecified atom stereocenters. The summed E-state index contributed by atoms with van der Waals surface area (Å²) in [6.45, 7) is 7.02. The van der Waals surface area contributed by atoms with Crippen molar-refractivity contribution in [3.8, 4) is 11.5 Å². The number of ether oxygens (including phenoxy) is 1. The molecule has 2 saturated heterocycles. The van der Waals surface area contributed by atoms with E-state index in [0.717, 1.165) is 43.5 Å². The van der Waals surface area contributed by atoms with Crippen LogP contribution in [0.15, 0.2) is 24.7 Å². The van der Waals surface area contributed by atoms with Gasteiger partial charge in [-0.05, 0) is 18.9 Å². The van der Waals surface area contributed by atoms with Gasteiger partial charge in [0.05, 0.1) is 12.7 Å². The van der Waals surface area contributed by atoms with Crippen LogP contribution in [0.2, 0.25) is 0 Å². The average molecular weight is 357 g/mol. The normalized spacial score (nSPS) is 26.4. The second-order valence-corrected chi connectivity index (χ2v) is 7.58. The van der Waals surface area contributed by atoms with Crippen molar-refractivity contribution in [2.24, 2.45) is 0 Å². The Bertz CT molecular complexity index is 747. The predicted molar refractivity (Wildman–Crippen MR) is 97.8 cm³/mol.